The summed E-state index contributed by atoms with van der Waals surface area (Å²) in [5, 5.41) is 11.6. The van der Waals surface area contributed by atoms with Crippen LogP contribution in [0.25, 0.3) is 5.76 Å². The number of carbonyl (C=O) groups is 2. The largest absolute Gasteiger partial charge is 0.507 e. The average Bonchev–Trinajstić information content (AvgIpc) is 3.20. The lowest BCUT2D eigenvalue weighted by atomic mass is 9.84. The number of hydrogen-bond acceptors (Lipinski definition) is 6. The summed E-state index contributed by atoms with van der Waals surface area (Å²) < 4.78 is 16.4. The molecule has 0 saturated carbocycles. The lowest BCUT2D eigenvalue weighted by molar-refractivity contribution is -0.139. The molecule has 1 aliphatic heterocycles. The van der Waals surface area contributed by atoms with Crippen LogP contribution in [-0.4, -0.2) is 49.1 Å². The fourth-order valence-electron chi connectivity index (χ4n) is 4.99. The molecule has 7 nitrogen and oxygen atoms in total. The Morgan fingerprint density at radius 1 is 0.900 bits per heavy atom. The van der Waals surface area contributed by atoms with E-state index in [0.29, 0.717) is 36.4 Å². The van der Waals surface area contributed by atoms with Gasteiger partial charge in [-0.3, -0.25) is 9.59 Å². The van der Waals surface area contributed by atoms with E-state index < -0.39 is 17.7 Å². The maximum Gasteiger partial charge on any atom is 0.295 e. The van der Waals surface area contributed by atoms with E-state index in [1.165, 1.54) is 0 Å². The normalized spacial score (nSPS) is 16.8. The molecule has 4 rings (SSSR count). The number of aliphatic hydroxyl groups is 1. The molecule has 210 valence electrons. The average molecular weight is 544 g/mol. The summed E-state index contributed by atoms with van der Waals surface area (Å²) in [6.45, 7) is 8.90. The minimum atomic E-state index is -0.756. The number of amides is 1. The Bertz CT molecular complexity index is 1400. The zero-order chi connectivity index (χ0) is 29.0. The Kier molecular flexibility index (Phi) is 8.52. The second-order valence-corrected chi connectivity index (χ2v) is 10.8. The van der Waals surface area contributed by atoms with E-state index in [1.807, 2.05) is 49.4 Å². The molecule has 1 atom stereocenters. The first-order valence-electron chi connectivity index (χ1n) is 13.4. The Morgan fingerprint density at radius 3 is 2.05 bits per heavy atom. The highest BCUT2D eigenvalue weighted by molar-refractivity contribution is 6.46. The van der Waals surface area contributed by atoms with Crippen molar-refractivity contribution in [1.29, 1.82) is 0 Å². The lowest BCUT2D eigenvalue weighted by Crippen LogP contribution is -2.31. The van der Waals surface area contributed by atoms with Crippen molar-refractivity contribution >= 4 is 17.4 Å². The van der Waals surface area contributed by atoms with Crippen LogP contribution in [0.2, 0.25) is 0 Å². The van der Waals surface area contributed by atoms with Crippen LogP contribution in [0.15, 0.2) is 72.3 Å². The third kappa shape index (κ3) is 5.83. The Balaban J connectivity index is 1.80. The van der Waals surface area contributed by atoms with E-state index in [-0.39, 0.29) is 16.7 Å². The van der Waals surface area contributed by atoms with Gasteiger partial charge in [0.15, 0.2) is 0 Å². The van der Waals surface area contributed by atoms with Gasteiger partial charge in [-0.05, 0) is 72.4 Å². The van der Waals surface area contributed by atoms with E-state index in [4.69, 9.17) is 14.2 Å². The lowest BCUT2D eigenvalue weighted by Gasteiger charge is -2.26. The molecule has 1 unspecified atom stereocenters. The molecule has 1 saturated heterocycles. The summed E-state index contributed by atoms with van der Waals surface area (Å²) in [6, 6.07) is 19.4. The van der Waals surface area contributed by atoms with Crippen molar-refractivity contribution in [3.05, 3.63) is 94.6 Å². The molecule has 1 amide bonds. The third-order valence-electron chi connectivity index (χ3n) is 7.13. The number of Topliss-reactive ketones (excluding diaryl/α,β-unsaturated/α-hetero) is 1. The van der Waals surface area contributed by atoms with Gasteiger partial charge in [-0.15, -0.1) is 0 Å². The number of hydrogen-bond donors (Lipinski definition) is 1. The first-order valence-corrected chi connectivity index (χ1v) is 13.4. The van der Waals surface area contributed by atoms with Crippen molar-refractivity contribution in [2.45, 2.75) is 45.6 Å². The van der Waals surface area contributed by atoms with Gasteiger partial charge in [-0.1, -0.05) is 45.0 Å². The molecule has 0 spiro atoms. The summed E-state index contributed by atoms with van der Waals surface area (Å²) in [5.41, 5.74) is 2.85. The van der Waals surface area contributed by atoms with Crippen molar-refractivity contribution in [2.24, 2.45) is 0 Å². The molecule has 7 heteroatoms. The fourth-order valence-corrected chi connectivity index (χ4v) is 4.99. The molecule has 40 heavy (non-hydrogen) atoms. The standard InChI is InChI=1S/C33H37NO6/c1-7-40-27-17-12-23(20-26(27)33(2,3)4)30(35)28-29(22-10-15-25(39-6)16-11-22)34(32(37)31(28)36)19-18-21-8-13-24(38-5)14-9-21/h8-17,20,29,35H,7,18-19H2,1-6H3/b30-28-. The number of benzene rings is 3. The van der Waals surface area contributed by atoms with Crippen molar-refractivity contribution in [1.82, 2.24) is 4.90 Å². The molecular weight excluding hydrogens is 506 g/mol. The zero-order valence-electron chi connectivity index (χ0n) is 24.0. The van der Waals surface area contributed by atoms with Crippen molar-refractivity contribution in [3.63, 3.8) is 0 Å². The van der Waals surface area contributed by atoms with Crippen molar-refractivity contribution < 1.29 is 28.9 Å². The van der Waals surface area contributed by atoms with E-state index in [1.54, 1.807) is 43.4 Å². The van der Waals surface area contributed by atoms with Gasteiger partial charge in [0.05, 0.1) is 32.4 Å². The minimum Gasteiger partial charge on any atom is -0.507 e. The van der Waals surface area contributed by atoms with Gasteiger partial charge in [0, 0.05) is 17.7 Å². The predicted octanol–water partition coefficient (Wildman–Crippen LogP) is 6.06. The number of ether oxygens (including phenoxy) is 3. The van der Waals surface area contributed by atoms with Gasteiger partial charge in [-0.25, -0.2) is 0 Å². The Hall–Kier alpha value is -4.26. The van der Waals surface area contributed by atoms with Gasteiger partial charge in [0.1, 0.15) is 23.0 Å². The topological polar surface area (TPSA) is 85.3 Å². The SMILES string of the molecule is CCOc1ccc(/C(O)=C2/C(=O)C(=O)N(CCc3ccc(OC)cc3)C2c2ccc(OC)cc2)cc1C(C)(C)C. The van der Waals surface area contributed by atoms with Crippen LogP contribution in [0.5, 0.6) is 17.2 Å². The van der Waals surface area contributed by atoms with Crippen LogP contribution in [0.4, 0.5) is 0 Å². The van der Waals surface area contributed by atoms with E-state index >= 15 is 0 Å². The number of likely N-dealkylation sites (tertiary alicyclic amines) is 1. The highest BCUT2D eigenvalue weighted by Crippen LogP contribution is 2.41. The van der Waals surface area contributed by atoms with Gasteiger partial charge >= 0.3 is 0 Å². The van der Waals surface area contributed by atoms with Crippen LogP contribution in [0, 0.1) is 0 Å². The quantitative estimate of drug-likeness (QED) is 0.201. The second-order valence-electron chi connectivity index (χ2n) is 10.8. The molecule has 1 N–H and O–H groups in total. The molecule has 0 aromatic heterocycles. The highest BCUT2D eigenvalue weighted by Gasteiger charge is 2.46. The monoisotopic (exact) mass is 543 g/mol. The zero-order valence-corrected chi connectivity index (χ0v) is 24.0. The molecule has 1 aliphatic rings. The summed E-state index contributed by atoms with van der Waals surface area (Å²) in [5.74, 6) is 0.558. The number of methoxy groups -OCH3 is 2. The molecule has 3 aromatic rings. The van der Waals surface area contributed by atoms with E-state index in [0.717, 1.165) is 22.6 Å². The van der Waals surface area contributed by atoms with Gasteiger partial charge < -0.3 is 24.2 Å². The summed E-state index contributed by atoms with van der Waals surface area (Å²) in [6.07, 6.45) is 0.529. The highest BCUT2D eigenvalue weighted by atomic mass is 16.5. The molecule has 3 aromatic carbocycles. The summed E-state index contributed by atoms with van der Waals surface area (Å²) >= 11 is 0. The van der Waals surface area contributed by atoms with Crippen LogP contribution < -0.4 is 14.2 Å². The van der Waals surface area contributed by atoms with Gasteiger partial charge in [0.25, 0.3) is 11.7 Å². The maximum absolute atomic E-state index is 13.5. The molecule has 1 fully saturated rings. The Labute approximate surface area is 236 Å². The number of ketones is 1. The molecule has 1 heterocycles. The minimum absolute atomic E-state index is 0.0638. The predicted molar refractivity (Wildman–Crippen MR) is 155 cm³/mol. The summed E-state index contributed by atoms with van der Waals surface area (Å²) in [7, 11) is 3.19. The van der Waals surface area contributed by atoms with E-state index in [2.05, 4.69) is 20.8 Å². The number of rotatable bonds is 9. The molecule has 0 bridgehead atoms. The Morgan fingerprint density at radius 2 is 1.50 bits per heavy atom. The molecule has 0 aliphatic carbocycles. The first kappa shape index (κ1) is 28.7. The van der Waals surface area contributed by atoms with E-state index in [9.17, 15) is 14.7 Å². The van der Waals surface area contributed by atoms with Crippen molar-refractivity contribution in [3.8, 4) is 17.2 Å². The molecule has 0 radical (unpaired) electrons. The summed E-state index contributed by atoms with van der Waals surface area (Å²) in [4.78, 5) is 28.5. The smallest absolute Gasteiger partial charge is 0.295 e. The van der Waals surface area contributed by atoms with Crippen LogP contribution in [0.1, 0.15) is 56.0 Å². The van der Waals surface area contributed by atoms with Crippen molar-refractivity contribution in [2.75, 3.05) is 27.4 Å². The fraction of sp³-hybridized carbons (Fsp3) is 0.333. The van der Waals surface area contributed by atoms with Crippen LogP contribution in [-0.2, 0) is 21.4 Å². The maximum atomic E-state index is 13.5. The second kappa shape index (κ2) is 11.9. The van der Waals surface area contributed by atoms with Crippen LogP contribution >= 0.6 is 0 Å². The number of carbonyl (C=O) groups excluding carboxylic acids is 2. The number of nitrogens with zero attached hydrogens (tertiary/aromatic N) is 1. The molecular formula is C33H37NO6. The van der Waals surface area contributed by atoms with Gasteiger partial charge in [-0.2, -0.15) is 0 Å². The van der Waals surface area contributed by atoms with Gasteiger partial charge in [0.2, 0.25) is 0 Å². The van der Waals surface area contributed by atoms with Crippen LogP contribution in [0.3, 0.4) is 0 Å². The first-order chi connectivity index (χ1) is 19.1. The number of aliphatic hydroxyl groups excluding tert-OH is 1. The third-order valence-corrected chi connectivity index (χ3v) is 7.13.